The van der Waals surface area contributed by atoms with E-state index in [-0.39, 0.29) is 19.0 Å². The predicted octanol–water partition coefficient (Wildman–Crippen LogP) is 3.50. The van der Waals surface area contributed by atoms with Crippen LogP contribution in [0.25, 0.3) is 0 Å². The topological polar surface area (TPSA) is 43.4 Å². The summed E-state index contributed by atoms with van der Waals surface area (Å²) in [6, 6.07) is 0. The van der Waals surface area contributed by atoms with Crippen LogP contribution in [0.1, 0.15) is 39.0 Å². The van der Waals surface area contributed by atoms with Crippen LogP contribution in [0.5, 0.6) is 0 Å². The van der Waals surface area contributed by atoms with Crippen molar-refractivity contribution < 1.29 is 27.5 Å². The van der Waals surface area contributed by atoms with Crippen molar-refractivity contribution in [3.05, 3.63) is 23.3 Å². The molecular formula is C14H17F3O3. The molecule has 0 fully saturated rings. The van der Waals surface area contributed by atoms with Gasteiger partial charge in [0.05, 0.1) is 12.2 Å². The molecule has 0 unspecified atom stereocenters. The molecule has 1 rings (SSSR count). The van der Waals surface area contributed by atoms with Crippen molar-refractivity contribution in [2.24, 2.45) is 0 Å². The van der Waals surface area contributed by atoms with Crippen molar-refractivity contribution >= 4 is 11.8 Å². The van der Waals surface area contributed by atoms with Crippen molar-refractivity contribution in [3.8, 4) is 0 Å². The first-order valence-electron chi connectivity index (χ1n) is 6.50. The van der Waals surface area contributed by atoms with Crippen molar-refractivity contribution in [1.82, 2.24) is 0 Å². The molecule has 0 amide bonds. The molecule has 3 nitrogen and oxygen atoms in total. The van der Waals surface area contributed by atoms with Crippen LogP contribution in [0.4, 0.5) is 13.2 Å². The van der Waals surface area contributed by atoms with E-state index in [1.54, 1.807) is 0 Å². The van der Waals surface area contributed by atoms with Gasteiger partial charge in [-0.05, 0) is 25.3 Å². The van der Waals surface area contributed by atoms with Gasteiger partial charge in [-0.3, -0.25) is 9.59 Å². The lowest BCUT2D eigenvalue weighted by molar-refractivity contribution is -0.143. The molecule has 6 heteroatoms. The van der Waals surface area contributed by atoms with Crippen molar-refractivity contribution in [2.45, 2.75) is 45.2 Å². The number of hydrogen-bond acceptors (Lipinski definition) is 3. The van der Waals surface area contributed by atoms with Crippen LogP contribution < -0.4 is 0 Å². The standard InChI is InChI=1S/C14H17F3O3/c1-2-4-13(19)20-8-3-5-10-6-7-11(12(18)9-10)14(15,16)17/h6-7H,2-5,8-9H2,1H3. The largest absolute Gasteiger partial charge is 0.466 e. The minimum absolute atomic E-state index is 0.214. The second-order valence-electron chi connectivity index (χ2n) is 4.58. The fraction of sp³-hybridized carbons (Fsp3) is 0.571. The summed E-state index contributed by atoms with van der Waals surface area (Å²) in [6.45, 7) is 2.09. The molecule has 20 heavy (non-hydrogen) atoms. The summed E-state index contributed by atoms with van der Waals surface area (Å²) < 4.78 is 42.2. The SMILES string of the molecule is CCCC(=O)OCCCC1=CC=C(C(F)(F)F)C(=O)C1. The fourth-order valence-electron chi connectivity index (χ4n) is 1.84. The molecule has 0 aromatic carbocycles. The van der Waals surface area contributed by atoms with Gasteiger partial charge in [0.25, 0.3) is 0 Å². The number of ketones is 1. The van der Waals surface area contributed by atoms with Gasteiger partial charge in [-0.1, -0.05) is 18.6 Å². The van der Waals surface area contributed by atoms with Gasteiger partial charge in [-0.2, -0.15) is 13.2 Å². The van der Waals surface area contributed by atoms with E-state index in [2.05, 4.69) is 0 Å². The summed E-state index contributed by atoms with van der Waals surface area (Å²) >= 11 is 0. The number of Topliss-reactive ketones (excluding diaryl/α,β-unsaturated/α-hetero) is 1. The number of carbonyl (C=O) groups is 2. The molecule has 0 aliphatic heterocycles. The van der Waals surface area contributed by atoms with Gasteiger partial charge in [-0.15, -0.1) is 0 Å². The maximum atomic E-state index is 12.4. The second-order valence-corrected chi connectivity index (χ2v) is 4.58. The Labute approximate surface area is 115 Å². The first kappa shape index (κ1) is 16.5. The van der Waals surface area contributed by atoms with Crippen LogP contribution in [0, 0.1) is 0 Å². The van der Waals surface area contributed by atoms with Crippen molar-refractivity contribution in [3.63, 3.8) is 0 Å². The Morgan fingerprint density at radius 1 is 1.35 bits per heavy atom. The predicted molar refractivity (Wildman–Crippen MR) is 66.9 cm³/mol. The average Bonchev–Trinajstić information content (AvgIpc) is 2.33. The van der Waals surface area contributed by atoms with Crippen molar-refractivity contribution in [2.75, 3.05) is 6.61 Å². The maximum absolute atomic E-state index is 12.4. The molecule has 0 radical (unpaired) electrons. The normalized spacial score (nSPS) is 15.7. The van der Waals surface area contributed by atoms with E-state index in [1.165, 1.54) is 6.08 Å². The Balaban J connectivity index is 2.40. The average molecular weight is 290 g/mol. The number of allylic oxidation sites excluding steroid dienone is 4. The summed E-state index contributed by atoms with van der Waals surface area (Å²) in [4.78, 5) is 22.4. The van der Waals surface area contributed by atoms with Crippen LogP contribution >= 0.6 is 0 Å². The van der Waals surface area contributed by atoms with Gasteiger partial charge in [0.1, 0.15) is 0 Å². The number of alkyl halides is 3. The Morgan fingerprint density at radius 2 is 2.05 bits per heavy atom. The van der Waals surface area contributed by atoms with E-state index in [1.807, 2.05) is 6.92 Å². The summed E-state index contributed by atoms with van der Waals surface area (Å²) in [7, 11) is 0. The molecular weight excluding hydrogens is 273 g/mol. The molecule has 0 spiro atoms. The third-order valence-corrected chi connectivity index (χ3v) is 2.84. The molecule has 0 aromatic heterocycles. The van der Waals surface area contributed by atoms with Gasteiger partial charge in [0, 0.05) is 12.8 Å². The van der Waals surface area contributed by atoms with Crippen LogP contribution in [0.3, 0.4) is 0 Å². The van der Waals surface area contributed by atoms with E-state index >= 15 is 0 Å². The quantitative estimate of drug-likeness (QED) is 0.555. The lowest BCUT2D eigenvalue weighted by Crippen LogP contribution is -2.22. The molecule has 0 heterocycles. The van der Waals surface area contributed by atoms with Gasteiger partial charge in [0.15, 0.2) is 5.78 Å². The number of rotatable bonds is 6. The first-order chi connectivity index (χ1) is 9.34. The zero-order valence-electron chi connectivity index (χ0n) is 11.3. The highest BCUT2D eigenvalue weighted by Gasteiger charge is 2.38. The first-order valence-corrected chi connectivity index (χ1v) is 6.50. The van der Waals surface area contributed by atoms with Gasteiger partial charge in [0.2, 0.25) is 0 Å². The zero-order valence-corrected chi connectivity index (χ0v) is 11.3. The van der Waals surface area contributed by atoms with E-state index < -0.39 is 17.5 Å². The number of carbonyl (C=O) groups excluding carboxylic acids is 2. The Morgan fingerprint density at radius 3 is 2.60 bits per heavy atom. The summed E-state index contributed by atoms with van der Waals surface area (Å²) in [5, 5.41) is 0. The molecule has 0 aromatic rings. The third-order valence-electron chi connectivity index (χ3n) is 2.84. The Kier molecular flexibility index (Phi) is 5.98. The van der Waals surface area contributed by atoms with Gasteiger partial charge < -0.3 is 4.74 Å². The zero-order chi connectivity index (χ0) is 15.2. The molecule has 0 bridgehead atoms. The van der Waals surface area contributed by atoms with E-state index in [4.69, 9.17) is 4.74 Å². The minimum atomic E-state index is -4.59. The van der Waals surface area contributed by atoms with E-state index in [0.29, 0.717) is 31.3 Å². The molecule has 1 aliphatic rings. The molecule has 1 aliphatic carbocycles. The summed E-state index contributed by atoms with van der Waals surface area (Å²) in [5.41, 5.74) is -0.467. The van der Waals surface area contributed by atoms with Crippen molar-refractivity contribution in [1.29, 1.82) is 0 Å². The van der Waals surface area contributed by atoms with Crippen LogP contribution in [-0.4, -0.2) is 24.5 Å². The van der Waals surface area contributed by atoms with Gasteiger partial charge in [-0.25, -0.2) is 0 Å². The monoisotopic (exact) mass is 290 g/mol. The Bertz CT molecular complexity index is 433. The fourth-order valence-corrected chi connectivity index (χ4v) is 1.84. The lowest BCUT2D eigenvalue weighted by Gasteiger charge is -2.15. The number of ether oxygens (including phenoxy) is 1. The van der Waals surface area contributed by atoms with E-state index in [0.717, 1.165) is 6.08 Å². The molecule has 0 N–H and O–H groups in total. The lowest BCUT2D eigenvalue weighted by atomic mass is 9.94. The van der Waals surface area contributed by atoms with Gasteiger partial charge >= 0.3 is 12.1 Å². The smallest absolute Gasteiger partial charge is 0.419 e. The minimum Gasteiger partial charge on any atom is -0.466 e. The highest BCUT2D eigenvalue weighted by molar-refractivity contribution is 5.99. The van der Waals surface area contributed by atoms with Crippen LogP contribution in [0.15, 0.2) is 23.3 Å². The molecule has 0 saturated carbocycles. The second kappa shape index (κ2) is 7.26. The summed E-state index contributed by atoms with van der Waals surface area (Å²) in [5.74, 6) is -1.18. The van der Waals surface area contributed by atoms with E-state index in [9.17, 15) is 22.8 Å². The number of esters is 1. The third kappa shape index (κ3) is 5.19. The van der Waals surface area contributed by atoms with Crippen LogP contribution in [0.2, 0.25) is 0 Å². The molecule has 0 saturated heterocycles. The maximum Gasteiger partial charge on any atom is 0.419 e. The highest BCUT2D eigenvalue weighted by atomic mass is 19.4. The molecule has 0 atom stereocenters. The highest BCUT2D eigenvalue weighted by Crippen LogP contribution is 2.31. The van der Waals surface area contributed by atoms with Crippen LogP contribution in [-0.2, 0) is 14.3 Å². The number of hydrogen-bond donors (Lipinski definition) is 0. The number of halogens is 3. The molecule has 112 valence electrons. The summed E-state index contributed by atoms with van der Waals surface area (Å²) in [6.07, 6.45) is -0.621. The Hall–Kier alpha value is -1.59.